The zero-order valence-electron chi connectivity index (χ0n) is 17.5. The van der Waals surface area contributed by atoms with Crippen LogP contribution in [-0.2, 0) is 9.53 Å². The van der Waals surface area contributed by atoms with Crippen molar-refractivity contribution in [3.05, 3.63) is 18.1 Å². The monoisotopic (exact) mass is 503 g/mol. The second-order valence-electron chi connectivity index (χ2n) is 7.21. The van der Waals surface area contributed by atoms with Gasteiger partial charge in [0.2, 0.25) is 5.91 Å². The van der Waals surface area contributed by atoms with Gasteiger partial charge in [-0.15, -0.1) is 6.61 Å². The summed E-state index contributed by atoms with van der Waals surface area (Å²) in [6.07, 6.45) is -1.72. The van der Waals surface area contributed by atoms with E-state index >= 15 is 0 Å². The largest absolute Gasteiger partial charge is 1.00 e. The SMILES string of the molecule is CCC(C)C(NN)C(=O)Nc1ncnc2c1c(C#N)cn2C1OC(C[O-])C(O)C1O.[Rb+]. The second kappa shape index (κ2) is 11.3. The minimum Gasteiger partial charge on any atom is -0.853 e. The molecule has 1 fully saturated rings. The molecule has 3 rings (SSSR count). The second-order valence-corrected chi connectivity index (χ2v) is 7.21. The average molecular weight is 504 g/mol. The van der Waals surface area contributed by atoms with Gasteiger partial charge in [-0.1, -0.05) is 20.3 Å². The number of carbonyl (C=O) groups excluding carboxylic acids is 1. The molecule has 162 valence electrons. The number of nitriles is 1. The van der Waals surface area contributed by atoms with E-state index in [2.05, 4.69) is 20.7 Å². The van der Waals surface area contributed by atoms with Crippen LogP contribution < -0.4 is 79.9 Å². The number of nitrogens with one attached hydrogen (secondary N) is 2. The molecule has 2 aromatic heterocycles. The number of hydrogen-bond donors (Lipinski definition) is 5. The van der Waals surface area contributed by atoms with E-state index in [-0.39, 0.29) is 86.5 Å². The molecule has 0 spiro atoms. The number of aliphatic hydroxyl groups excluding tert-OH is 2. The van der Waals surface area contributed by atoms with Crippen LogP contribution >= 0.6 is 0 Å². The van der Waals surface area contributed by atoms with E-state index < -0.39 is 43.1 Å². The molecule has 0 saturated carbocycles. The Labute approximate surface area is 227 Å². The molecule has 3 heterocycles. The predicted octanol–water partition coefficient (Wildman–Crippen LogP) is -4.90. The molecule has 1 saturated heterocycles. The number of nitrogens with zero attached hydrogens (tertiary/aromatic N) is 4. The Morgan fingerprint density at radius 2 is 2.16 bits per heavy atom. The maximum absolute atomic E-state index is 12.7. The first kappa shape index (κ1) is 26.4. The van der Waals surface area contributed by atoms with Crippen molar-refractivity contribution in [1.29, 1.82) is 5.26 Å². The van der Waals surface area contributed by atoms with Crippen LogP contribution in [0.15, 0.2) is 12.5 Å². The summed E-state index contributed by atoms with van der Waals surface area (Å²) in [5.74, 6) is 5.13. The topological polar surface area (TPSA) is 194 Å². The molecule has 6 unspecified atom stereocenters. The maximum Gasteiger partial charge on any atom is 1.00 e. The molecule has 0 aliphatic carbocycles. The molecule has 13 heteroatoms. The van der Waals surface area contributed by atoms with Gasteiger partial charge in [-0.2, -0.15) is 5.26 Å². The fourth-order valence-corrected chi connectivity index (χ4v) is 3.48. The summed E-state index contributed by atoms with van der Waals surface area (Å²) < 4.78 is 6.83. The Kier molecular flexibility index (Phi) is 9.65. The molecule has 12 nitrogen and oxygen atoms in total. The van der Waals surface area contributed by atoms with Crippen LogP contribution in [0.25, 0.3) is 11.0 Å². The van der Waals surface area contributed by atoms with Gasteiger partial charge < -0.3 is 29.9 Å². The first-order chi connectivity index (χ1) is 14.4. The summed E-state index contributed by atoms with van der Waals surface area (Å²) >= 11 is 0. The van der Waals surface area contributed by atoms with Crippen molar-refractivity contribution in [3.63, 3.8) is 0 Å². The minimum absolute atomic E-state index is 0. The van der Waals surface area contributed by atoms with Gasteiger partial charge >= 0.3 is 58.2 Å². The van der Waals surface area contributed by atoms with Crippen LogP contribution in [0.2, 0.25) is 0 Å². The van der Waals surface area contributed by atoms with Crippen molar-refractivity contribution in [2.45, 2.75) is 50.8 Å². The zero-order valence-corrected chi connectivity index (χ0v) is 22.4. The van der Waals surface area contributed by atoms with Crippen LogP contribution in [0.5, 0.6) is 0 Å². The smallest absolute Gasteiger partial charge is 0.853 e. The molecular formula is C18H24N7O5Rb. The Balaban J connectivity index is 0.00000341. The first-order valence-electron chi connectivity index (χ1n) is 9.50. The van der Waals surface area contributed by atoms with Crippen molar-refractivity contribution in [1.82, 2.24) is 20.0 Å². The third-order valence-electron chi connectivity index (χ3n) is 5.42. The quantitative estimate of drug-likeness (QED) is 0.180. The van der Waals surface area contributed by atoms with Gasteiger partial charge in [0.25, 0.3) is 0 Å². The molecule has 1 amide bonds. The van der Waals surface area contributed by atoms with Gasteiger partial charge in [-0.25, -0.2) is 15.4 Å². The molecule has 0 aromatic carbocycles. The number of fused-ring (bicyclic) bond motifs is 1. The number of hydrogen-bond acceptors (Lipinski definition) is 10. The summed E-state index contributed by atoms with van der Waals surface area (Å²) in [7, 11) is 0. The number of amides is 1. The Morgan fingerprint density at radius 3 is 2.71 bits per heavy atom. The van der Waals surface area contributed by atoms with Crippen molar-refractivity contribution in [3.8, 4) is 6.07 Å². The van der Waals surface area contributed by atoms with Gasteiger partial charge in [0.05, 0.1) is 17.1 Å². The van der Waals surface area contributed by atoms with Crippen LogP contribution in [0.3, 0.4) is 0 Å². The van der Waals surface area contributed by atoms with Crippen molar-refractivity contribution in [2.75, 3.05) is 11.9 Å². The number of carbonyl (C=O) groups is 1. The third-order valence-corrected chi connectivity index (χ3v) is 5.42. The number of aromatic nitrogens is 3. The van der Waals surface area contributed by atoms with Crippen LogP contribution in [0.4, 0.5) is 5.82 Å². The van der Waals surface area contributed by atoms with Gasteiger partial charge in [0, 0.05) is 6.20 Å². The van der Waals surface area contributed by atoms with Gasteiger partial charge in [0.15, 0.2) is 6.23 Å². The fraction of sp³-hybridized carbons (Fsp3) is 0.556. The van der Waals surface area contributed by atoms with E-state index in [9.17, 15) is 25.4 Å². The standard InChI is InChI=1S/C18H24N7O5.Rb/c1-3-8(2)12(24-20)17(29)23-15-11-9(4-19)5-25(16(11)22-7-21-15)18-14(28)13(27)10(6-26)30-18;/h5,7-8,10,12-14,18,24,27-28H,3,6,20H2,1-2H3,(H,21,22,23,29);/q-1;+1. The number of hydrazine groups is 1. The number of rotatable bonds is 7. The number of nitrogens with two attached hydrogens (primary N) is 1. The summed E-state index contributed by atoms with van der Waals surface area (Å²) in [5.41, 5.74) is 2.80. The molecule has 0 bridgehead atoms. The number of ether oxygens (including phenoxy) is 1. The average Bonchev–Trinajstić information content (AvgIpc) is 3.26. The van der Waals surface area contributed by atoms with E-state index in [1.54, 1.807) is 0 Å². The van der Waals surface area contributed by atoms with E-state index in [4.69, 9.17) is 10.6 Å². The molecule has 31 heavy (non-hydrogen) atoms. The van der Waals surface area contributed by atoms with Crippen LogP contribution in [0, 0.1) is 17.2 Å². The molecule has 1 aliphatic heterocycles. The van der Waals surface area contributed by atoms with E-state index in [1.807, 2.05) is 19.9 Å². The van der Waals surface area contributed by atoms with Crippen LogP contribution in [-0.4, -0.2) is 61.6 Å². The van der Waals surface area contributed by atoms with Crippen molar-refractivity contribution < 1.29 is 83.0 Å². The molecule has 2 aromatic rings. The van der Waals surface area contributed by atoms with E-state index in [0.29, 0.717) is 6.42 Å². The summed E-state index contributed by atoms with van der Waals surface area (Å²) in [4.78, 5) is 20.9. The first-order valence-corrected chi connectivity index (χ1v) is 9.50. The maximum atomic E-state index is 12.7. The van der Waals surface area contributed by atoms with E-state index in [1.165, 1.54) is 17.1 Å². The number of aliphatic hydroxyl groups is 2. The number of anilines is 1. The Hall–Kier alpha value is -0.855. The van der Waals surface area contributed by atoms with E-state index in [0.717, 1.165) is 0 Å². The van der Waals surface area contributed by atoms with Gasteiger partial charge in [0.1, 0.15) is 42.1 Å². The predicted molar refractivity (Wildman–Crippen MR) is 102 cm³/mol. The normalized spacial score (nSPS) is 24.9. The third kappa shape index (κ3) is 5.06. The minimum atomic E-state index is -1.39. The van der Waals surface area contributed by atoms with Crippen molar-refractivity contribution in [2.24, 2.45) is 11.8 Å². The van der Waals surface area contributed by atoms with Crippen LogP contribution in [0.1, 0.15) is 32.1 Å². The Morgan fingerprint density at radius 1 is 1.45 bits per heavy atom. The van der Waals surface area contributed by atoms with Gasteiger partial charge in [-0.05, 0) is 5.92 Å². The van der Waals surface area contributed by atoms with Crippen molar-refractivity contribution >= 4 is 22.8 Å². The fourth-order valence-electron chi connectivity index (χ4n) is 3.48. The molecule has 6 N–H and O–H groups in total. The summed E-state index contributed by atoms with van der Waals surface area (Å²) in [6, 6.07) is 1.32. The molecular weight excluding hydrogens is 480 g/mol. The summed E-state index contributed by atoms with van der Waals surface area (Å²) in [5, 5.41) is 44.0. The Bertz CT molecular complexity index is 965. The zero-order chi connectivity index (χ0) is 22.0. The summed E-state index contributed by atoms with van der Waals surface area (Å²) in [6.45, 7) is 3.06. The molecule has 0 radical (unpaired) electrons. The van der Waals surface area contributed by atoms with Gasteiger partial charge in [-0.3, -0.25) is 10.6 Å². The molecule has 6 atom stereocenters. The molecule has 1 aliphatic rings.